The molecule has 0 radical (unpaired) electrons. The van der Waals surface area contributed by atoms with Gasteiger partial charge in [0.25, 0.3) is 0 Å². The lowest BCUT2D eigenvalue weighted by atomic mass is 9.93. The van der Waals surface area contributed by atoms with Gasteiger partial charge in [-0.2, -0.15) is 0 Å². The molecule has 1 saturated heterocycles. The van der Waals surface area contributed by atoms with Crippen molar-refractivity contribution in [3.05, 3.63) is 66.0 Å². The van der Waals surface area contributed by atoms with Crippen LogP contribution in [0.4, 0.5) is 0 Å². The number of pyridine rings is 1. The van der Waals surface area contributed by atoms with Crippen molar-refractivity contribution in [2.24, 2.45) is 0 Å². The first kappa shape index (κ1) is 18.7. The Morgan fingerprint density at radius 1 is 0.964 bits per heavy atom. The first-order valence-electron chi connectivity index (χ1n) is 9.81. The van der Waals surface area contributed by atoms with E-state index < -0.39 is 0 Å². The van der Waals surface area contributed by atoms with Gasteiger partial charge in [0, 0.05) is 37.4 Å². The van der Waals surface area contributed by atoms with E-state index in [1.807, 2.05) is 30.6 Å². The molecule has 3 aromatic rings. The number of benzene rings is 2. The van der Waals surface area contributed by atoms with E-state index in [9.17, 15) is 0 Å². The number of aromatic nitrogens is 1. The zero-order chi connectivity index (χ0) is 19.3. The molecule has 1 aliphatic rings. The lowest BCUT2D eigenvalue weighted by molar-refractivity contribution is 0.231. The molecule has 1 aromatic heterocycles. The van der Waals surface area contributed by atoms with Crippen molar-refractivity contribution in [3.8, 4) is 11.5 Å². The number of hydrogen-bond acceptors (Lipinski definition) is 5. The van der Waals surface area contributed by atoms with Crippen molar-refractivity contribution < 1.29 is 9.47 Å². The normalized spacial score (nSPS) is 16.5. The zero-order valence-electron chi connectivity index (χ0n) is 16.5. The molecule has 146 valence electrons. The van der Waals surface area contributed by atoms with Gasteiger partial charge in [0.05, 0.1) is 25.8 Å². The first-order chi connectivity index (χ1) is 13.8. The van der Waals surface area contributed by atoms with Crippen LogP contribution in [0.2, 0.25) is 0 Å². The summed E-state index contributed by atoms with van der Waals surface area (Å²) in [5.41, 5.74) is 2.33. The van der Waals surface area contributed by atoms with E-state index in [4.69, 9.17) is 9.47 Å². The molecular formula is C23H27N3O2. The molecule has 1 fully saturated rings. The number of hydrogen-bond donors (Lipinski definition) is 1. The molecule has 1 N–H and O–H groups in total. The summed E-state index contributed by atoms with van der Waals surface area (Å²) >= 11 is 0. The van der Waals surface area contributed by atoms with Crippen molar-refractivity contribution in [3.63, 3.8) is 0 Å². The van der Waals surface area contributed by atoms with Gasteiger partial charge in [-0.05, 0) is 48.2 Å². The standard InChI is InChI=1S/C23H27N3O2/c1-27-20-5-3-6-21(28-2)22(20)23(26-13-4-10-24-12-14-26)18-7-8-19-16-25-11-9-17(19)15-18/h3,5-9,11,15-16,23-24H,4,10,12-14H2,1-2H3. The lowest BCUT2D eigenvalue weighted by Crippen LogP contribution is -2.33. The number of ether oxygens (including phenoxy) is 2. The minimum atomic E-state index is 0.0589. The summed E-state index contributed by atoms with van der Waals surface area (Å²) in [4.78, 5) is 6.77. The van der Waals surface area contributed by atoms with Gasteiger partial charge in [0.15, 0.2) is 0 Å². The topological polar surface area (TPSA) is 46.6 Å². The Hall–Kier alpha value is -2.63. The number of methoxy groups -OCH3 is 2. The molecule has 0 spiro atoms. The fourth-order valence-electron chi connectivity index (χ4n) is 4.11. The maximum atomic E-state index is 5.77. The maximum Gasteiger partial charge on any atom is 0.127 e. The molecule has 1 aliphatic heterocycles. The molecule has 0 bridgehead atoms. The van der Waals surface area contributed by atoms with Gasteiger partial charge in [-0.3, -0.25) is 9.88 Å². The van der Waals surface area contributed by atoms with E-state index >= 15 is 0 Å². The third-order valence-corrected chi connectivity index (χ3v) is 5.46. The van der Waals surface area contributed by atoms with Gasteiger partial charge in [0.2, 0.25) is 0 Å². The highest BCUT2D eigenvalue weighted by Crippen LogP contribution is 2.41. The Morgan fingerprint density at radius 2 is 1.79 bits per heavy atom. The number of fused-ring (bicyclic) bond motifs is 1. The van der Waals surface area contributed by atoms with Crippen LogP contribution in [0.25, 0.3) is 10.8 Å². The molecule has 1 unspecified atom stereocenters. The van der Waals surface area contributed by atoms with Crippen molar-refractivity contribution in [1.29, 1.82) is 0 Å². The minimum Gasteiger partial charge on any atom is -0.496 e. The summed E-state index contributed by atoms with van der Waals surface area (Å²) in [7, 11) is 3.46. The number of nitrogens with zero attached hydrogens (tertiary/aromatic N) is 2. The second-order valence-electron chi connectivity index (χ2n) is 7.10. The van der Waals surface area contributed by atoms with Crippen molar-refractivity contribution in [2.45, 2.75) is 12.5 Å². The third kappa shape index (κ3) is 3.68. The van der Waals surface area contributed by atoms with Crippen LogP contribution in [-0.4, -0.2) is 50.3 Å². The van der Waals surface area contributed by atoms with Gasteiger partial charge < -0.3 is 14.8 Å². The van der Waals surface area contributed by atoms with Gasteiger partial charge in [0.1, 0.15) is 11.5 Å². The molecule has 5 nitrogen and oxygen atoms in total. The third-order valence-electron chi connectivity index (χ3n) is 5.46. The van der Waals surface area contributed by atoms with Crippen LogP contribution in [0.15, 0.2) is 54.9 Å². The highest BCUT2D eigenvalue weighted by atomic mass is 16.5. The summed E-state index contributed by atoms with van der Waals surface area (Å²) < 4.78 is 11.5. The minimum absolute atomic E-state index is 0.0589. The first-order valence-corrected chi connectivity index (χ1v) is 9.81. The van der Waals surface area contributed by atoms with Crippen LogP contribution in [-0.2, 0) is 0 Å². The molecule has 4 rings (SSSR count). The monoisotopic (exact) mass is 377 g/mol. The molecule has 28 heavy (non-hydrogen) atoms. The quantitative estimate of drug-likeness (QED) is 0.736. The van der Waals surface area contributed by atoms with Gasteiger partial charge >= 0.3 is 0 Å². The molecule has 2 aromatic carbocycles. The highest BCUT2D eigenvalue weighted by Gasteiger charge is 2.29. The predicted octanol–water partition coefficient (Wildman–Crippen LogP) is 3.64. The van der Waals surface area contributed by atoms with Gasteiger partial charge in [-0.25, -0.2) is 0 Å². The van der Waals surface area contributed by atoms with Crippen LogP contribution in [0.3, 0.4) is 0 Å². The predicted molar refractivity (Wildman–Crippen MR) is 112 cm³/mol. The summed E-state index contributed by atoms with van der Waals surface area (Å²) in [6.07, 6.45) is 4.87. The smallest absolute Gasteiger partial charge is 0.127 e. The van der Waals surface area contributed by atoms with E-state index in [1.54, 1.807) is 14.2 Å². The van der Waals surface area contributed by atoms with Crippen molar-refractivity contribution in [1.82, 2.24) is 15.2 Å². The Kier molecular flexibility index (Phi) is 5.74. The van der Waals surface area contributed by atoms with E-state index in [2.05, 4.69) is 39.5 Å². The Bertz CT molecular complexity index is 914. The fraction of sp³-hybridized carbons (Fsp3) is 0.348. The average Bonchev–Trinajstić information content (AvgIpc) is 3.03. The molecule has 0 amide bonds. The molecule has 5 heteroatoms. The van der Waals surface area contributed by atoms with Crippen LogP contribution in [0.5, 0.6) is 11.5 Å². The van der Waals surface area contributed by atoms with Crippen LogP contribution >= 0.6 is 0 Å². The Balaban J connectivity index is 1.89. The van der Waals surface area contributed by atoms with E-state index in [0.717, 1.165) is 55.0 Å². The summed E-state index contributed by atoms with van der Waals surface area (Å²) in [6, 6.07) is 14.8. The average molecular weight is 377 g/mol. The molecular weight excluding hydrogens is 350 g/mol. The summed E-state index contributed by atoms with van der Waals surface area (Å²) in [5.74, 6) is 1.72. The number of nitrogens with one attached hydrogen (secondary N) is 1. The van der Waals surface area contributed by atoms with Gasteiger partial charge in [-0.15, -0.1) is 0 Å². The Morgan fingerprint density at radius 3 is 2.57 bits per heavy atom. The largest absolute Gasteiger partial charge is 0.496 e. The fourth-order valence-corrected chi connectivity index (χ4v) is 4.11. The van der Waals surface area contributed by atoms with Crippen molar-refractivity contribution >= 4 is 10.8 Å². The van der Waals surface area contributed by atoms with E-state index in [1.165, 1.54) is 10.9 Å². The second kappa shape index (κ2) is 8.59. The Labute approximate surface area is 166 Å². The molecule has 0 aliphatic carbocycles. The van der Waals surface area contributed by atoms with Gasteiger partial charge in [-0.1, -0.05) is 18.2 Å². The maximum absolute atomic E-state index is 5.77. The van der Waals surface area contributed by atoms with E-state index in [-0.39, 0.29) is 6.04 Å². The summed E-state index contributed by atoms with van der Waals surface area (Å²) in [5, 5.41) is 5.85. The zero-order valence-corrected chi connectivity index (χ0v) is 16.5. The number of rotatable bonds is 5. The van der Waals surface area contributed by atoms with Crippen LogP contribution < -0.4 is 14.8 Å². The molecule has 0 saturated carbocycles. The van der Waals surface area contributed by atoms with Crippen LogP contribution in [0, 0.1) is 0 Å². The lowest BCUT2D eigenvalue weighted by Gasteiger charge is -2.33. The SMILES string of the molecule is COc1cccc(OC)c1C(c1ccc2cnccc2c1)N1CCCNCC1. The molecule has 2 heterocycles. The van der Waals surface area contributed by atoms with Crippen molar-refractivity contribution in [2.75, 3.05) is 40.4 Å². The molecule has 1 atom stereocenters. The highest BCUT2D eigenvalue weighted by molar-refractivity contribution is 5.82. The van der Waals surface area contributed by atoms with Crippen LogP contribution in [0.1, 0.15) is 23.6 Å². The second-order valence-corrected chi connectivity index (χ2v) is 7.10. The summed E-state index contributed by atoms with van der Waals surface area (Å²) in [6.45, 7) is 4.02. The van der Waals surface area contributed by atoms with E-state index in [0.29, 0.717) is 0 Å².